The largest absolute Gasteiger partial charge is 0.389 e. The molecule has 1 aromatic heterocycles. The van der Waals surface area contributed by atoms with Crippen LogP contribution in [0.5, 0.6) is 0 Å². The highest BCUT2D eigenvalue weighted by molar-refractivity contribution is 7.09. The van der Waals surface area contributed by atoms with Crippen LogP contribution < -0.4 is 4.90 Å². The molecule has 1 fully saturated rings. The molecule has 0 radical (unpaired) electrons. The van der Waals surface area contributed by atoms with E-state index in [4.69, 9.17) is 0 Å². The fourth-order valence-electron chi connectivity index (χ4n) is 1.23. The molecular formula is C6H9N3O2S. The lowest BCUT2D eigenvalue weighted by molar-refractivity contribution is 0.0572. The fraction of sp³-hybridized carbons (Fsp3) is 0.667. The second-order valence-corrected chi connectivity index (χ2v) is 3.52. The van der Waals surface area contributed by atoms with E-state index in [9.17, 15) is 10.2 Å². The first-order valence-corrected chi connectivity index (χ1v) is 4.42. The highest BCUT2D eigenvalue weighted by Crippen LogP contribution is 2.20. The first-order chi connectivity index (χ1) is 5.77. The van der Waals surface area contributed by atoms with E-state index in [1.54, 1.807) is 0 Å². The summed E-state index contributed by atoms with van der Waals surface area (Å²) >= 11 is 1.27. The van der Waals surface area contributed by atoms with Crippen LogP contribution in [0.25, 0.3) is 0 Å². The molecule has 0 aliphatic carbocycles. The number of β-amino-alcohol motifs (C(OH)–C–C–N with tert-alkyl or cyclic N) is 2. The standard InChI is InChI=1S/C6H9N3O2S/c10-4-1-9(2-5(4)11)6-7-3-8-12-6/h3-5,10-11H,1-2H2. The molecule has 0 saturated carbocycles. The molecule has 6 heteroatoms. The molecule has 0 amide bonds. The van der Waals surface area contributed by atoms with Crippen molar-refractivity contribution in [3.63, 3.8) is 0 Å². The fourth-order valence-corrected chi connectivity index (χ4v) is 1.78. The molecule has 0 bridgehead atoms. The number of anilines is 1. The zero-order valence-corrected chi connectivity index (χ0v) is 7.11. The van der Waals surface area contributed by atoms with Gasteiger partial charge >= 0.3 is 0 Å². The van der Waals surface area contributed by atoms with Crippen molar-refractivity contribution in [1.29, 1.82) is 0 Å². The van der Waals surface area contributed by atoms with Crippen molar-refractivity contribution in [2.75, 3.05) is 18.0 Å². The summed E-state index contributed by atoms with van der Waals surface area (Å²) in [5, 5.41) is 19.2. The Hall–Kier alpha value is -0.720. The van der Waals surface area contributed by atoms with Crippen LogP contribution in [0.4, 0.5) is 5.13 Å². The Kier molecular flexibility index (Phi) is 1.95. The Morgan fingerprint density at radius 2 is 2.08 bits per heavy atom. The molecule has 2 N–H and O–H groups in total. The summed E-state index contributed by atoms with van der Waals surface area (Å²) in [7, 11) is 0. The first kappa shape index (κ1) is 7.90. The van der Waals surface area contributed by atoms with Gasteiger partial charge in [-0.15, -0.1) is 0 Å². The molecule has 5 nitrogen and oxygen atoms in total. The van der Waals surface area contributed by atoms with Crippen LogP contribution in [0.3, 0.4) is 0 Å². The van der Waals surface area contributed by atoms with Gasteiger partial charge < -0.3 is 15.1 Å². The van der Waals surface area contributed by atoms with Crippen molar-refractivity contribution < 1.29 is 10.2 Å². The molecule has 0 aromatic carbocycles. The molecule has 1 saturated heterocycles. The van der Waals surface area contributed by atoms with Crippen LogP contribution in [-0.2, 0) is 0 Å². The van der Waals surface area contributed by atoms with Gasteiger partial charge in [0.25, 0.3) is 0 Å². The summed E-state index contributed by atoms with van der Waals surface area (Å²) in [6, 6.07) is 0. The smallest absolute Gasteiger partial charge is 0.205 e. The van der Waals surface area contributed by atoms with Crippen molar-refractivity contribution in [3.05, 3.63) is 6.33 Å². The van der Waals surface area contributed by atoms with Crippen LogP contribution in [0.2, 0.25) is 0 Å². The number of aliphatic hydroxyl groups is 2. The van der Waals surface area contributed by atoms with Crippen LogP contribution in [0.15, 0.2) is 6.33 Å². The lowest BCUT2D eigenvalue weighted by Gasteiger charge is -2.11. The van der Waals surface area contributed by atoms with Gasteiger partial charge in [0.2, 0.25) is 5.13 Å². The lowest BCUT2D eigenvalue weighted by Crippen LogP contribution is -2.22. The van der Waals surface area contributed by atoms with E-state index in [2.05, 4.69) is 9.36 Å². The van der Waals surface area contributed by atoms with Crippen LogP contribution >= 0.6 is 11.5 Å². The van der Waals surface area contributed by atoms with Crippen LogP contribution in [0.1, 0.15) is 0 Å². The lowest BCUT2D eigenvalue weighted by atomic mass is 10.3. The molecular weight excluding hydrogens is 178 g/mol. The minimum absolute atomic E-state index is 0.441. The number of hydrogen-bond donors (Lipinski definition) is 2. The Morgan fingerprint density at radius 3 is 2.58 bits per heavy atom. The van der Waals surface area contributed by atoms with Gasteiger partial charge in [-0.1, -0.05) is 0 Å². The molecule has 2 unspecified atom stereocenters. The first-order valence-electron chi connectivity index (χ1n) is 3.65. The normalized spacial score (nSPS) is 29.7. The van der Waals surface area contributed by atoms with Crippen molar-refractivity contribution in [2.24, 2.45) is 0 Å². The summed E-state index contributed by atoms with van der Waals surface area (Å²) < 4.78 is 3.84. The number of nitrogens with zero attached hydrogens (tertiary/aromatic N) is 3. The highest BCUT2D eigenvalue weighted by atomic mass is 32.1. The third kappa shape index (κ3) is 1.28. The number of aliphatic hydroxyl groups excluding tert-OH is 2. The second kappa shape index (κ2) is 2.96. The molecule has 2 heterocycles. The zero-order chi connectivity index (χ0) is 8.55. The summed E-state index contributed by atoms with van der Waals surface area (Å²) in [4.78, 5) is 5.80. The van der Waals surface area contributed by atoms with Gasteiger partial charge in [0.15, 0.2) is 0 Å². The zero-order valence-electron chi connectivity index (χ0n) is 6.29. The topological polar surface area (TPSA) is 69.5 Å². The van der Waals surface area contributed by atoms with Gasteiger partial charge in [0.05, 0.1) is 12.2 Å². The number of hydrogen-bond acceptors (Lipinski definition) is 6. The summed E-state index contributed by atoms with van der Waals surface area (Å²) in [6.45, 7) is 0.882. The molecule has 1 aromatic rings. The predicted molar refractivity (Wildman–Crippen MR) is 44.1 cm³/mol. The third-order valence-electron chi connectivity index (χ3n) is 1.88. The van der Waals surface area contributed by atoms with Gasteiger partial charge in [-0.05, 0) is 0 Å². The minimum Gasteiger partial charge on any atom is -0.389 e. The Morgan fingerprint density at radius 1 is 1.42 bits per heavy atom. The predicted octanol–water partition coefficient (Wildman–Crippen LogP) is -0.920. The third-order valence-corrected chi connectivity index (χ3v) is 2.61. The van der Waals surface area contributed by atoms with Crippen molar-refractivity contribution in [2.45, 2.75) is 12.2 Å². The maximum atomic E-state index is 9.23. The monoisotopic (exact) mass is 187 g/mol. The Balaban J connectivity index is 2.09. The number of rotatable bonds is 1. The number of aromatic nitrogens is 2. The van der Waals surface area contributed by atoms with Crippen molar-refractivity contribution in [3.8, 4) is 0 Å². The maximum Gasteiger partial charge on any atom is 0.205 e. The Bertz CT molecular complexity index is 243. The van der Waals surface area contributed by atoms with Gasteiger partial charge in [0, 0.05) is 24.6 Å². The minimum atomic E-state index is -0.658. The van der Waals surface area contributed by atoms with Crippen LogP contribution in [-0.4, -0.2) is 44.9 Å². The van der Waals surface area contributed by atoms with Crippen molar-refractivity contribution in [1.82, 2.24) is 9.36 Å². The second-order valence-electron chi connectivity index (χ2n) is 2.76. The van der Waals surface area contributed by atoms with Gasteiger partial charge in [0.1, 0.15) is 6.33 Å². The summed E-state index contributed by atoms with van der Waals surface area (Å²) in [5.74, 6) is 0. The molecule has 1 aliphatic heterocycles. The van der Waals surface area contributed by atoms with Gasteiger partial charge in [-0.2, -0.15) is 4.37 Å². The summed E-state index contributed by atoms with van der Waals surface area (Å²) in [5.41, 5.74) is 0. The van der Waals surface area contributed by atoms with Crippen molar-refractivity contribution >= 4 is 16.7 Å². The quantitative estimate of drug-likeness (QED) is 0.595. The molecule has 12 heavy (non-hydrogen) atoms. The van der Waals surface area contributed by atoms with E-state index in [0.717, 1.165) is 5.13 Å². The molecule has 1 aliphatic rings. The van der Waals surface area contributed by atoms with Crippen LogP contribution in [0, 0.1) is 0 Å². The highest BCUT2D eigenvalue weighted by Gasteiger charge is 2.30. The molecule has 66 valence electrons. The van der Waals surface area contributed by atoms with Gasteiger partial charge in [-0.25, -0.2) is 4.98 Å². The Labute approximate surface area is 73.5 Å². The van der Waals surface area contributed by atoms with E-state index in [1.165, 1.54) is 17.9 Å². The molecule has 2 atom stereocenters. The maximum absolute atomic E-state index is 9.23. The van der Waals surface area contributed by atoms with E-state index in [-0.39, 0.29) is 0 Å². The SMILES string of the molecule is OC1CN(c2ncns2)CC1O. The van der Waals surface area contributed by atoms with E-state index in [1.807, 2.05) is 4.90 Å². The van der Waals surface area contributed by atoms with Gasteiger partial charge in [-0.3, -0.25) is 0 Å². The average molecular weight is 187 g/mol. The van der Waals surface area contributed by atoms with E-state index >= 15 is 0 Å². The summed E-state index contributed by atoms with van der Waals surface area (Å²) in [6.07, 6.45) is 0.152. The molecule has 2 rings (SSSR count). The average Bonchev–Trinajstić information content (AvgIpc) is 2.61. The molecule has 0 spiro atoms. The van der Waals surface area contributed by atoms with E-state index < -0.39 is 12.2 Å². The van der Waals surface area contributed by atoms with E-state index in [0.29, 0.717) is 13.1 Å².